The Bertz CT molecular complexity index is 1560. The number of allylic oxidation sites excluding steroid dienone is 1. The van der Waals surface area contributed by atoms with Gasteiger partial charge in [-0.3, -0.25) is 9.36 Å². The molecule has 0 spiro atoms. The number of nitrogens with zero attached hydrogens (tertiary/aromatic N) is 3. The molecule has 0 aliphatic carbocycles. The molecule has 38 heavy (non-hydrogen) atoms. The van der Waals surface area contributed by atoms with Crippen LogP contribution in [-0.4, -0.2) is 44.5 Å². The van der Waals surface area contributed by atoms with E-state index in [1.807, 2.05) is 12.1 Å². The normalized spacial score (nSPS) is 17.7. The van der Waals surface area contributed by atoms with E-state index in [9.17, 15) is 9.59 Å². The fraction of sp³-hybridized carbons (Fsp3) is 0.393. The standard InChI is InChI=1S/C28H31N3O6S/c1-5-36-27(33)24-17(2)29-28-31(25(24)20-11-9-18(34-3)15-21(20)35-4)26(32)22(38-28)16-19-10-12-23(37-19)30-13-7-6-8-14-30/h9-12,15-16,25H,5-8,13-14H2,1-4H3/b22-16-/t25-/m1/s1. The van der Waals surface area contributed by atoms with Gasteiger partial charge in [0.1, 0.15) is 23.3 Å². The molecule has 1 saturated heterocycles. The van der Waals surface area contributed by atoms with Crippen molar-refractivity contribution in [3.05, 3.63) is 72.6 Å². The number of methoxy groups -OCH3 is 2. The number of benzene rings is 1. The van der Waals surface area contributed by atoms with Crippen LogP contribution in [0.1, 0.15) is 50.5 Å². The summed E-state index contributed by atoms with van der Waals surface area (Å²) < 4.78 is 24.5. The minimum absolute atomic E-state index is 0.199. The molecule has 200 valence electrons. The number of piperidine rings is 1. The van der Waals surface area contributed by atoms with Gasteiger partial charge < -0.3 is 23.5 Å². The number of hydrogen-bond acceptors (Lipinski definition) is 9. The van der Waals surface area contributed by atoms with E-state index in [2.05, 4.69) is 9.89 Å². The van der Waals surface area contributed by atoms with Crippen LogP contribution < -0.4 is 29.3 Å². The molecule has 2 aliphatic rings. The number of ether oxygens (including phenoxy) is 3. The van der Waals surface area contributed by atoms with E-state index >= 15 is 0 Å². The first-order chi connectivity index (χ1) is 18.4. The molecule has 0 saturated carbocycles. The molecule has 1 fully saturated rings. The van der Waals surface area contributed by atoms with Crippen molar-refractivity contribution in [2.45, 2.75) is 39.2 Å². The van der Waals surface area contributed by atoms with Crippen molar-refractivity contribution in [2.24, 2.45) is 4.99 Å². The Morgan fingerprint density at radius 1 is 1.16 bits per heavy atom. The highest BCUT2D eigenvalue weighted by molar-refractivity contribution is 7.07. The van der Waals surface area contributed by atoms with Crippen LogP contribution in [0.4, 0.5) is 5.88 Å². The van der Waals surface area contributed by atoms with Crippen LogP contribution in [0.15, 0.2) is 55.8 Å². The lowest BCUT2D eigenvalue weighted by atomic mass is 9.95. The number of hydrogen-bond donors (Lipinski definition) is 0. The highest BCUT2D eigenvalue weighted by atomic mass is 32.1. The van der Waals surface area contributed by atoms with Gasteiger partial charge in [0, 0.05) is 36.9 Å². The number of anilines is 1. The molecule has 3 aromatic rings. The van der Waals surface area contributed by atoms with Crippen LogP contribution in [0, 0.1) is 0 Å². The van der Waals surface area contributed by atoms with Gasteiger partial charge in [-0.05, 0) is 51.3 Å². The maximum Gasteiger partial charge on any atom is 0.338 e. The van der Waals surface area contributed by atoms with Gasteiger partial charge in [0.2, 0.25) is 0 Å². The Hall–Kier alpha value is -3.79. The molecule has 1 aromatic carbocycles. The Balaban J connectivity index is 1.64. The van der Waals surface area contributed by atoms with Gasteiger partial charge in [-0.15, -0.1) is 0 Å². The van der Waals surface area contributed by atoms with Crippen LogP contribution in [-0.2, 0) is 9.53 Å². The second-order valence-electron chi connectivity index (χ2n) is 9.13. The Kier molecular flexibility index (Phi) is 7.42. The lowest BCUT2D eigenvalue weighted by molar-refractivity contribution is -0.139. The summed E-state index contributed by atoms with van der Waals surface area (Å²) in [6.45, 7) is 5.63. The van der Waals surface area contributed by atoms with Crippen molar-refractivity contribution < 1.29 is 23.4 Å². The van der Waals surface area contributed by atoms with Crippen LogP contribution in [0.5, 0.6) is 11.5 Å². The summed E-state index contributed by atoms with van der Waals surface area (Å²) in [6.07, 6.45) is 5.26. The first kappa shape index (κ1) is 25.8. The molecule has 2 aromatic heterocycles. The first-order valence-electron chi connectivity index (χ1n) is 12.7. The van der Waals surface area contributed by atoms with Crippen LogP contribution in [0.2, 0.25) is 0 Å². The third kappa shape index (κ3) is 4.76. The van der Waals surface area contributed by atoms with Crippen molar-refractivity contribution >= 4 is 29.3 Å². The smallest absolute Gasteiger partial charge is 0.338 e. The van der Waals surface area contributed by atoms with Crippen molar-refractivity contribution in [2.75, 3.05) is 38.8 Å². The molecular formula is C28H31N3O6S. The maximum atomic E-state index is 13.9. The number of fused-ring (bicyclic) bond motifs is 1. The van der Waals surface area contributed by atoms with Crippen LogP contribution in [0.25, 0.3) is 6.08 Å². The molecule has 10 heteroatoms. The molecule has 5 rings (SSSR count). The predicted octanol–water partition coefficient (Wildman–Crippen LogP) is 3.40. The van der Waals surface area contributed by atoms with Crippen molar-refractivity contribution in [1.82, 2.24) is 4.57 Å². The van der Waals surface area contributed by atoms with Crippen molar-refractivity contribution in [3.8, 4) is 11.5 Å². The molecule has 0 amide bonds. The largest absolute Gasteiger partial charge is 0.497 e. The number of carbonyl (C=O) groups excluding carboxylic acids is 1. The van der Waals surface area contributed by atoms with E-state index in [1.54, 1.807) is 52.3 Å². The van der Waals surface area contributed by atoms with E-state index in [0.717, 1.165) is 31.8 Å². The van der Waals surface area contributed by atoms with Gasteiger partial charge in [-0.2, -0.15) is 0 Å². The van der Waals surface area contributed by atoms with Gasteiger partial charge in [0.15, 0.2) is 10.7 Å². The molecule has 9 nitrogen and oxygen atoms in total. The Morgan fingerprint density at radius 2 is 1.95 bits per heavy atom. The molecule has 4 heterocycles. The van der Waals surface area contributed by atoms with Crippen LogP contribution >= 0.6 is 11.3 Å². The number of furan rings is 1. The fourth-order valence-corrected chi connectivity index (χ4v) is 5.99. The maximum absolute atomic E-state index is 13.9. The highest BCUT2D eigenvalue weighted by Crippen LogP contribution is 2.37. The van der Waals surface area contributed by atoms with Gasteiger partial charge in [-0.1, -0.05) is 11.3 Å². The third-order valence-electron chi connectivity index (χ3n) is 6.81. The summed E-state index contributed by atoms with van der Waals surface area (Å²) in [5, 5.41) is 0. The van der Waals surface area contributed by atoms with Crippen molar-refractivity contribution in [3.63, 3.8) is 0 Å². The summed E-state index contributed by atoms with van der Waals surface area (Å²) in [5.41, 5.74) is 1.13. The number of carbonyl (C=O) groups is 1. The second-order valence-corrected chi connectivity index (χ2v) is 10.1. The van der Waals surface area contributed by atoms with Crippen LogP contribution in [0.3, 0.4) is 0 Å². The highest BCUT2D eigenvalue weighted by Gasteiger charge is 2.35. The van der Waals surface area contributed by atoms with Gasteiger partial charge >= 0.3 is 5.97 Å². The molecule has 0 bridgehead atoms. The molecule has 2 aliphatic heterocycles. The first-order valence-corrected chi connectivity index (χ1v) is 13.5. The van der Waals surface area contributed by atoms with E-state index in [0.29, 0.717) is 43.4 Å². The van der Waals surface area contributed by atoms with Gasteiger partial charge in [-0.25, -0.2) is 9.79 Å². The molecule has 0 N–H and O–H groups in total. The average Bonchev–Trinajstić information content (AvgIpc) is 3.52. The average molecular weight is 538 g/mol. The fourth-order valence-electron chi connectivity index (χ4n) is 4.96. The molecular weight excluding hydrogens is 506 g/mol. The SMILES string of the molecule is CCOC(=O)C1=C(C)N=c2s/c(=C\c3ccc(N4CCCCC4)o3)c(=O)n2[C@@H]1c1ccc(OC)cc1OC. The number of aromatic nitrogens is 1. The van der Waals surface area contributed by atoms with Crippen molar-refractivity contribution in [1.29, 1.82) is 0 Å². The summed E-state index contributed by atoms with van der Waals surface area (Å²) >= 11 is 1.25. The van der Waals surface area contributed by atoms with Gasteiger partial charge in [0.25, 0.3) is 5.56 Å². The molecule has 1 atom stereocenters. The number of esters is 1. The lowest BCUT2D eigenvalue weighted by Crippen LogP contribution is -2.40. The van der Waals surface area contributed by atoms with E-state index in [-0.39, 0.29) is 12.2 Å². The minimum atomic E-state index is -0.784. The second kappa shape index (κ2) is 10.9. The minimum Gasteiger partial charge on any atom is -0.497 e. The summed E-state index contributed by atoms with van der Waals surface area (Å²) in [5.74, 6) is 1.96. The molecule has 0 unspecified atom stereocenters. The zero-order chi connectivity index (χ0) is 26.8. The Morgan fingerprint density at radius 3 is 2.66 bits per heavy atom. The topological polar surface area (TPSA) is 95.5 Å². The zero-order valence-corrected chi connectivity index (χ0v) is 22.8. The van der Waals surface area contributed by atoms with Gasteiger partial charge in [0.05, 0.1) is 36.6 Å². The monoisotopic (exact) mass is 537 g/mol. The summed E-state index contributed by atoms with van der Waals surface area (Å²) in [7, 11) is 3.11. The quantitative estimate of drug-likeness (QED) is 0.427. The third-order valence-corrected chi connectivity index (χ3v) is 7.79. The van der Waals surface area contributed by atoms with E-state index in [4.69, 9.17) is 18.6 Å². The lowest BCUT2D eigenvalue weighted by Gasteiger charge is -2.26. The van der Waals surface area contributed by atoms with E-state index < -0.39 is 12.0 Å². The summed E-state index contributed by atoms with van der Waals surface area (Å²) in [6, 6.07) is 8.35. The molecule has 0 radical (unpaired) electrons. The number of thiazole rings is 1. The predicted molar refractivity (Wildman–Crippen MR) is 145 cm³/mol. The zero-order valence-electron chi connectivity index (χ0n) is 22.0. The van der Waals surface area contributed by atoms with E-state index in [1.165, 1.54) is 22.3 Å². The Labute approximate surface area is 224 Å². The summed E-state index contributed by atoms with van der Waals surface area (Å²) in [4.78, 5) is 34.3. The number of rotatable bonds is 7.